The summed E-state index contributed by atoms with van der Waals surface area (Å²) in [5.74, 6) is 1.20. The molecule has 1 aromatic heterocycles. The molecule has 0 radical (unpaired) electrons. The summed E-state index contributed by atoms with van der Waals surface area (Å²) in [6.45, 7) is 3.04. The summed E-state index contributed by atoms with van der Waals surface area (Å²) in [6, 6.07) is 11.8. The summed E-state index contributed by atoms with van der Waals surface area (Å²) in [5, 5.41) is 6.61. The van der Waals surface area contributed by atoms with Gasteiger partial charge in [-0.2, -0.15) is 0 Å². The van der Waals surface area contributed by atoms with Crippen LogP contribution in [0.25, 0.3) is 0 Å². The van der Waals surface area contributed by atoms with E-state index >= 15 is 0 Å². The SMILES string of the molecule is Cc1cc(NC(=O)C2CCN(C(=O)C3(c4ccccc4)CCC3)CC2)no1. The molecule has 1 aliphatic carbocycles. The van der Waals surface area contributed by atoms with E-state index in [9.17, 15) is 9.59 Å². The Labute approximate surface area is 158 Å². The van der Waals surface area contributed by atoms with Crippen LogP contribution < -0.4 is 5.32 Å². The van der Waals surface area contributed by atoms with E-state index in [0.717, 1.165) is 24.8 Å². The number of hydrogen-bond acceptors (Lipinski definition) is 4. The second-order valence-corrected chi connectivity index (χ2v) is 7.68. The average Bonchev–Trinajstić information content (AvgIpc) is 3.06. The second-order valence-electron chi connectivity index (χ2n) is 7.68. The second kappa shape index (κ2) is 7.18. The van der Waals surface area contributed by atoms with E-state index in [2.05, 4.69) is 22.6 Å². The minimum atomic E-state index is -0.353. The lowest BCUT2D eigenvalue weighted by Gasteiger charge is -2.45. The number of aryl methyl sites for hydroxylation is 1. The maximum Gasteiger partial charge on any atom is 0.233 e. The first kappa shape index (κ1) is 17.8. The molecular weight excluding hydrogens is 342 g/mol. The smallest absolute Gasteiger partial charge is 0.233 e. The molecule has 2 aromatic rings. The van der Waals surface area contributed by atoms with Crippen molar-refractivity contribution in [1.29, 1.82) is 0 Å². The molecule has 6 heteroatoms. The predicted octanol–water partition coefficient (Wildman–Crippen LogP) is 3.28. The van der Waals surface area contributed by atoms with Gasteiger partial charge in [-0.15, -0.1) is 0 Å². The molecule has 0 bridgehead atoms. The van der Waals surface area contributed by atoms with Crippen LogP contribution in [0.4, 0.5) is 5.82 Å². The maximum absolute atomic E-state index is 13.3. The highest BCUT2D eigenvalue weighted by atomic mass is 16.5. The summed E-state index contributed by atoms with van der Waals surface area (Å²) < 4.78 is 4.98. The lowest BCUT2D eigenvalue weighted by molar-refractivity contribution is -0.143. The van der Waals surface area contributed by atoms with E-state index in [1.165, 1.54) is 0 Å². The zero-order chi connectivity index (χ0) is 18.9. The molecular formula is C21H25N3O3. The normalized spacial score (nSPS) is 19.4. The number of nitrogens with one attached hydrogen (secondary N) is 1. The number of carbonyl (C=O) groups is 2. The van der Waals surface area contributed by atoms with E-state index in [0.29, 0.717) is 37.5 Å². The van der Waals surface area contributed by atoms with E-state index in [1.807, 2.05) is 23.1 Å². The molecule has 27 heavy (non-hydrogen) atoms. The lowest BCUT2D eigenvalue weighted by atomic mass is 9.63. The van der Waals surface area contributed by atoms with Crippen molar-refractivity contribution in [3.8, 4) is 0 Å². The van der Waals surface area contributed by atoms with Crippen LogP contribution in [-0.4, -0.2) is 35.0 Å². The van der Waals surface area contributed by atoms with Gasteiger partial charge in [-0.3, -0.25) is 9.59 Å². The average molecular weight is 367 g/mol. The molecule has 6 nitrogen and oxygen atoms in total. The highest BCUT2D eigenvalue weighted by molar-refractivity contribution is 5.92. The van der Waals surface area contributed by atoms with Crippen molar-refractivity contribution in [3.05, 3.63) is 47.7 Å². The Balaban J connectivity index is 1.37. The number of benzene rings is 1. The monoisotopic (exact) mass is 367 g/mol. The minimum Gasteiger partial charge on any atom is -0.360 e. The molecule has 2 amide bonds. The van der Waals surface area contributed by atoms with Gasteiger partial charge in [0.2, 0.25) is 11.8 Å². The first-order valence-corrected chi connectivity index (χ1v) is 9.67. The predicted molar refractivity (Wildman–Crippen MR) is 101 cm³/mol. The largest absolute Gasteiger partial charge is 0.360 e. The van der Waals surface area contributed by atoms with Crippen molar-refractivity contribution < 1.29 is 14.1 Å². The Morgan fingerprint density at radius 1 is 1.19 bits per heavy atom. The summed E-state index contributed by atoms with van der Waals surface area (Å²) in [6.07, 6.45) is 4.29. The Hall–Kier alpha value is -2.63. The fourth-order valence-electron chi connectivity index (χ4n) is 4.21. The molecule has 1 aromatic carbocycles. The molecule has 1 saturated carbocycles. The van der Waals surface area contributed by atoms with Gasteiger partial charge in [-0.1, -0.05) is 41.9 Å². The summed E-state index contributed by atoms with van der Waals surface area (Å²) in [5.41, 5.74) is 0.775. The van der Waals surface area contributed by atoms with Crippen molar-refractivity contribution in [1.82, 2.24) is 10.1 Å². The molecule has 0 atom stereocenters. The Kier molecular flexibility index (Phi) is 4.72. The number of anilines is 1. The third-order valence-corrected chi connectivity index (χ3v) is 5.98. The highest BCUT2D eigenvalue weighted by Gasteiger charge is 2.48. The number of rotatable bonds is 4. The number of piperidine rings is 1. The molecule has 142 valence electrons. The van der Waals surface area contributed by atoms with Crippen LogP contribution >= 0.6 is 0 Å². The van der Waals surface area contributed by atoms with E-state index in [1.54, 1.807) is 13.0 Å². The molecule has 1 aliphatic heterocycles. The molecule has 1 saturated heterocycles. The van der Waals surface area contributed by atoms with Crippen LogP contribution in [0.2, 0.25) is 0 Å². The van der Waals surface area contributed by atoms with Crippen LogP contribution in [-0.2, 0) is 15.0 Å². The van der Waals surface area contributed by atoms with Crippen molar-refractivity contribution in [2.75, 3.05) is 18.4 Å². The fraction of sp³-hybridized carbons (Fsp3) is 0.476. The van der Waals surface area contributed by atoms with Crippen molar-refractivity contribution in [3.63, 3.8) is 0 Å². The third kappa shape index (κ3) is 3.36. The Bertz CT molecular complexity index is 818. The van der Waals surface area contributed by atoms with E-state index in [4.69, 9.17) is 4.52 Å². The third-order valence-electron chi connectivity index (χ3n) is 5.98. The molecule has 2 aliphatic rings. The fourth-order valence-corrected chi connectivity index (χ4v) is 4.21. The standard InChI is InChI=1S/C21H25N3O3/c1-15-14-18(23-27-15)22-19(25)16-8-12-24(13-9-16)20(26)21(10-5-11-21)17-6-3-2-4-7-17/h2-4,6-7,14,16H,5,8-13H2,1H3,(H,22,23,25). The zero-order valence-corrected chi connectivity index (χ0v) is 15.6. The number of likely N-dealkylation sites (tertiary alicyclic amines) is 1. The molecule has 2 fully saturated rings. The van der Waals surface area contributed by atoms with Gasteiger partial charge < -0.3 is 14.7 Å². The van der Waals surface area contributed by atoms with Crippen molar-refractivity contribution >= 4 is 17.6 Å². The maximum atomic E-state index is 13.3. The zero-order valence-electron chi connectivity index (χ0n) is 15.6. The minimum absolute atomic E-state index is 0.0446. The quantitative estimate of drug-likeness (QED) is 0.900. The van der Waals surface area contributed by atoms with Gasteiger partial charge in [0.1, 0.15) is 5.76 Å². The summed E-state index contributed by atoms with van der Waals surface area (Å²) in [7, 11) is 0. The topological polar surface area (TPSA) is 75.4 Å². The lowest BCUT2D eigenvalue weighted by Crippen LogP contribution is -2.53. The molecule has 4 rings (SSSR count). The summed E-state index contributed by atoms with van der Waals surface area (Å²) in [4.78, 5) is 27.7. The number of aromatic nitrogens is 1. The van der Waals surface area contributed by atoms with Gasteiger partial charge >= 0.3 is 0 Å². The molecule has 0 spiro atoms. The molecule has 1 N–H and O–H groups in total. The van der Waals surface area contributed by atoms with Crippen LogP contribution in [0.5, 0.6) is 0 Å². The number of nitrogens with zero attached hydrogens (tertiary/aromatic N) is 2. The first-order valence-electron chi connectivity index (χ1n) is 9.67. The molecule has 0 unspecified atom stereocenters. The number of carbonyl (C=O) groups excluding carboxylic acids is 2. The van der Waals surface area contributed by atoms with E-state index in [-0.39, 0.29) is 23.1 Å². The van der Waals surface area contributed by atoms with Crippen molar-refractivity contribution in [2.24, 2.45) is 5.92 Å². The van der Waals surface area contributed by atoms with Crippen molar-refractivity contribution in [2.45, 2.75) is 44.4 Å². The Morgan fingerprint density at radius 2 is 1.89 bits per heavy atom. The first-order chi connectivity index (χ1) is 13.1. The Morgan fingerprint density at radius 3 is 2.44 bits per heavy atom. The van der Waals surface area contributed by atoms with Gasteiger partial charge in [0.25, 0.3) is 0 Å². The van der Waals surface area contributed by atoms with Crippen LogP contribution in [0, 0.1) is 12.8 Å². The van der Waals surface area contributed by atoms with Crippen LogP contribution in [0.3, 0.4) is 0 Å². The summed E-state index contributed by atoms with van der Waals surface area (Å²) >= 11 is 0. The van der Waals surface area contributed by atoms with Gasteiger partial charge in [-0.25, -0.2) is 0 Å². The van der Waals surface area contributed by atoms with Gasteiger partial charge in [0, 0.05) is 25.1 Å². The number of hydrogen-bond donors (Lipinski definition) is 1. The van der Waals surface area contributed by atoms with Crippen LogP contribution in [0.1, 0.15) is 43.4 Å². The van der Waals surface area contributed by atoms with Gasteiger partial charge in [0.05, 0.1) is 5.41 Å². The number of amides is 2. The van der Waals surface area contributed by atoms with Crippen LogP contribution in [0.15, 0.2) is 40.9 Å². The van der Waals surface area contributed by atoms with E-state index < -0.39 is 0 Å². The molecule has 2 heterocycles. The van der Waals surface area contributed by atoms with Gasteiger partial charge in [-0.05, 0) is 38.2 Å². The highest BCUT2D eigenvalue weighted by Crippen LogP contribution is 2.45. The van der Waals surface area contributed by atoms with Gasteiger partial charge in [0.15, 0.2) is 5.82 Å².